The van der Waals surface area contributed by atoms with Gasteiger partial charge < -0.3 is 0 Å². The van der Waals surface area contributed by atoms with Crippen LogP contribution in [0.1, 0.15) is 34.3 Å². The Kier molecular flexibility index (Phi) is 3.85. The first kappa shape index (κ1) is 12.6. The topological polar surface area (TPSA) is 20.3 Å². The molecule has 0 spiro atoms. The molecule has 0 aromatic heterocycles. The number of Topliss-reactive ketones (excluding diaryl/α,β-unsaturated/α-hetero) is 1. The van der Waals surface area contributed by atoms with Crippen molar-refractivity contribution in [1.29, 1.82) is 0 Å². The van der Waals surface area contributed by atoms with E-state index in [0.717, 1.165) is 24.2 Å². The Morgan fingerprint density at radius 1 is 1.29 bits per heavy atom. The fourth-order valence-electron chi connectivity index (χ4n) is 2.38. The van der Waals surface area contributed by atoms with E-state index in [-0.39, 0.29) is 5.78 Å². The number of hydrogen-bond donors (Lipinski definition) is 0. The van der Waals surface area contributed by atoms with Crippen LogP contribution in [0, 0.1) is 13.8 Å². The van der Waals surface area contributed by atoms with E-state index in [4.69, 9.17) is 11.6 Å². The van der Waals surface area contributed by atoms with Crippen LogP contribution < -0.4 is 0 Å². The highest BCUT2D eigenvalue weighted by molar-refractivity contribution is 6.34. The molecule has 0 N–H and O–H groups in total. The molecule has 1 aliphatic rings. The van der Waals surface area contributed by atoms with E-state index < -0.39 is 0 Å². The second-order valence-corrected chi connectivity index (χ2v) is 5.23. The quantitative estimate of drug-likeness (QED) is 0.769. The Balaban J connectivity index is 2.18. The summed E-state index contributed by atoms with van der Waals surface area (Å²) in [6, 6.07) is 3.91. The Labute approximate surface area is 108 Å². The first-order valence-electron chi connectivity index (χ1n) is 6.10. The molecule has 0 bridgehead atoms. The molecule has 92 valence electrons. The normalized spacial score (nSPS) is 16.4. The summed E-state index contributed by atoms with van der Waals surface area (Å²) in [5, 5.41) is 0.611. The lowest BCUT2D eigenvalue weighted by Gasteiger charge is -2.15. The molecule has 0 unspecified atom stereocenters. The molecular weight excluding hydrogens is 234 g/mol. The lowest BCUT2D eigenvalue weighted by atomic mass is 10.0. The molecule has 0 amide bonds. The molecular formula is C14H18ClNO. The second kappa shape index (κ2) is 5.19. The Hall–Kier alpha value is -0.860. The zero-order chi connectivity index (χ0) is 12.4. The summed E-state index contributed by atoms with van der Waals surface area (Å²) in [4.78, 5) is 14.4. The van der Waals surface area contributed by atoms with Crippen LogP contribution in [-0.2, 0) is 0 Å². The van der Waals surface area contributed by atoms with Crippen molar-refractivity contribution in [3.8, 4) is 0 Å². The van der Waals surface area contributed by atoms with Gasteiger partial charge in [-0.3, -0.25) is 9.69 Å². The van der Waals surface area contributed by atoms with Gasteiger partial charge in [0.1, 0.15) is 0 Å². The molecule has 2 nitrogen and oxygen atoms in total. The highest BCUT2D eigenvalue weighted by Crippen LogP contribution is 2.23. The number of aryl methyl sites for hydroxylation is 2. The third kappa shape index (κ3) is 2.88. The van der Waals surface area contributed by atoms with Crippen molar-refractivity contribution < 1.29 is 4.79 Å². The smallest absolute Gasteiger partial charge is 0.178 e. The highest BCUT2D eigenvalue weighted by atomic mass is 35.5. The van der Waals surface area contributed by atoms with Crippen molar-refractivity contribution in [2.45, 2.75) is 26.7 Å². The zero-order valence-corrected chi connectivity index (χ0v) is 11.2. The van der Waals surface area contributed by atoms with Crippen LogP contribution in [0.3, 0.4) is 0 Å². The lowest BCUT2D eigenvalue weighted by molar-refractivity contribution is 0.0945. The summed E-state index contributed by atoms with van der Waals surface area (Å²) >= 11 is 6.21. The van der Waals surface area contributed by atoms with E-state index in [1.54, 1.807) is 0 Å². The average molecular weight is 252 g/mol. The number of carbonyl (C=O) groups is 1. The van der Waals surface area contributed by atoms with Crippen LogP contribution in [0.2, 0.25) is 5.02 Å². The van der Waals surface area contributed by atoms with Gasteiger partial charge in [0.15, 0.2) is 5.78 Å². The average Bonchev–Trinajstić information content (AvgIpc) is 2.76. The number of nitrogens with zero attached hydrogens (tertiary/aromatic N) is 1. The van der Waals surface area contributed by atoms with Gasteiger partial charge in [-0.25, -0.2) is 0 Å². The molecule has 17 heavy (non-hydrogen) atoms. The standard InChI is InChI=1S/C14H18ClNO/c1-10-7-11(2)14(15)12(8-10)13(17)9-16-5-3-4-6-16/h7-8H,3-6,9H2,1-2H3. The molecule has 1 aromatic carbocycles. The van der Waals surface area contributed by atoms with Gasteiger partial charge in [0.25, 0.3) is 0 Å². The minimum absolute atomic E-state index is 0.142. The lowest BCUT2D eigenvalue weighted by Crippen LogP contribution is -2.27. The number of likely N-dealkylation sites (tertiary alicyclic amines) is 1. The van der Waals surface area contributed by atoms with Gasteiger partial charge in [0.2, 0.25) is 0 Å². The van der Waals surface area contributed by atoms with Gasteiger partial charge in [0, 0.05) is 5.56 Å². The van der Waals surface area contributed by atoms with Crippen molar-refractivity contribution in [3.05, 3.63) is 33.8 Å². The van der Waals surface area contributed by atoms with E-state index in [1.807, 2.05) is 26.0 Å². The molecule has 0 saturated carbocycles. The number of carbonyl (C=O) groups excluding carboxylic acids is 1. The maximum atomic E-state index is 12.2. The largest absolute Gasteiger partial charge is 0.296 e. The Morgan fingerprint density at radius 3 is 2.59 bits per heavy atom. The number of benzene rings is 1. The van der Waals surface area contributed by atoms with Crippen molar-refractivity contribution in [2.75, 3.05) is 19.6 Å². The van der Waals surface area contributed by atoms with E-state index in [1.165, 1.54) is 12.8 Å². The van der Waals surface area contributed by atoms with E-state index in [0.29, 0.717) is 17.1 Å². The van der Waals surface area contributed by atoms with Crippen LogP contribution in [0.15, 0.2) is 12.1 Å². The molecule has 0 atom stereocenters. The molecule has 0 aliphatic carbocycles. The van der Waals surface area contributed by atoms with Gasteiger partial charge in [-0.1, -0.05) is 23.2 Å². The SMILES string of the molecule is Cc1cc(C)c(Cl)c(C(=O)CN2CCCC2)c1. The van der Waals surface area contributed by atoms with Crippen molar-refractivity contribution in [3.63, 3.8) is 0 Å². The van der Waals surface area contributed by atoms with Crippen molar-refractivity contribution in [2.24, 2.45) is 0 Å². The van der Waals surface area contributed by atoms with Gasteiger partial charge >= 0.3 is 0 Å². The van der Waals surface area contributed by atoms with Crippen LogP contribution in [0.4, 0.5) is 0 Å². The molecule has 1 aliphatic heterocycles. The molecule has 0 radical (unpaired) electrons. The number of halogens is 1. The molecule has 1 heterocycles. The predicted molar refractivity (Wildman–Crippen MR) is 70.9 cm³/mol. The van der Waals surface area contributed by atoms with Crippen LogP contribution in [-0.4, -0.2) is 30.3 Å². The monoisotopic (exact) mass is 251 g/mol. The maximum absolute atomic E-state index is 12.2. The summed E-state index contributed by atoms with van der Waals surface area (Å²) in [6.07, 6.45) is 2.40. The predicted octanol–water partition coefficient (Wildman–Crippen LogP) is 3.24. The zero-order valence-electron chi connectivity index (χ0n) is 10.4. The number of hydrogen-bond acceptors (Lipinski definition) is 2. The second-order valence-electron chi connectivity index (χ2n) is 4.85. The number of ketones is 1. The molecule has 3 heteroatoms. The van der Waals surface area contributed by atoms with Crippen LogP contribution >= 0.6 is 11.6 Å². The molecule has 1 aromatic rings. The Bertz CT molecular complexity index is 436. The summed E-state index contributed by atoms with van der Waals surface area (Å²) in [7, 11) is 0. The van der Waals surface area contributed by atoms with Gasteiger partial charge in [-0.2, -0.15) is 0 Å². The van der Waals surface area contributed by atoms with E-state index in [9.17, 15) is 4.79 Å². The summed E-state index contributed by atoms with van der Waals surface area (Å²) in [5.74, 6) is 0.142. The highest BCUT2D eigenvalue weighted by Gasteiger charge is 2.18. The summed E-state index contributed by atoms with van der Waals surface area (Å²) in [6.45, 7) is 6.52. The van der Waals surface area contributed by atoms with Crippen LogP contribution in [0.5, 0.6) is 0 Å². The van der Waals surface area contributed by atoms with Crippen molar-refractivity contribution in [1.82, 2.24) is 4.90 Å². The fraction of sp³-hybridized carbons (Fsp3) is 0.500. The molecule has 2 rings (SSSR count). The van der Waals surface area contributed by atoms with Gasteiger partial charge in [-0.05, 0) is 51.4 Å². The summed E-state index contributed by atoms with van der Waals surface area (Å²) < 4.78 is 0. The summed E-state index contributed by atoms with van der Waals surface area (Å²) in [5.41, 5.74) is 2.75. The number of rotatable bonds is 3. The third-order valence-electron chi connectivity index (χ3n) is 3.27. The van der Waals surface area contributed by atoms with Gasteiger partial charge in [0.05, 0.1) is 11.6 Å². The van der Waals surface area contributed by atoms with E-state index in [2.05, 4.69) is 4.90 Å². The fourth-order valence-corrected chi connectivity index (χ4v) is 2.60. The van der Waals surface area contributed by atoms with Crippen LogP contribution in [0.25, 0.3) is 0 Å². The van der Waals surface area contributed by atoms with Gasteiger partial charge in [-0.15, -0.1) is 0 Å². The maximum Gasteiger partial charge on any atom is 0.178 e. The molecule has 1 fully saturated rings. The Morgan fingerprint density at radius 2 is 1.94 bits per heavy atom. The van der Waals surface area contributed by atoms with E-state index >= 15 is 0 Å². The third-order valence-corrected chi connectivity index (χ3v) is 3.77. The minimum atomic E-state index is 0.142. The minimum Gasteiger partial charge on any atom is -0.296 e. The first-order valence-corrected chi connectivity index (χ1v) is 6.48. The molecule has 1 saturated heterocycles. The van der Waals surface area contributed by atoms with Crippen molar-refractivity contribution >= 4 is 17.4 Å². The first-order chi connectivity index (χ1) is 8.08.